The molecule has 6 heteroatoms. The molecule has 1 atom stereocenters. The summed E-state index contributed by atoms with van der Waals surface area (Å²) in [5, 5.41) is 9.49. The van der Waals surface area contributed by atoms with E-state index >= 15 is 0 Å². The summed E-state index contributed by atoms with van der Waals surface area (Å²) in [4.78, 5) is 0. The van der Waals surface area contributed by atoms with Crippen molar-refractivity contribution in [2.24, 2.45) is 5.73 Å². The van der Waals surface area contributed by atoms with E-state index in [4.69, 9.17) is 26.5 Å². The highest BCUT2D eigenvalue weighted by atomic mass is 35.5. The summed E-state index contributed by atoms with van der Waals surface area (Å²) in [7, 11) is 1.53. The van der Waals surface area contributed by atoms with Gasteiger partial charge in [0.05, 0.1) is 12.8 Å². The van der Waals surface area contributed by atoms with Crippen LogP contribution >= 0.6 is 11.6 Å². The molecule has 102 valence electrons. The number of aromatic nitrogens is 2. The molecule has 2 aromatic heterocycles. The Hall–Kier alpha value is -2.11. The third-order valence-electron chi connectivity index (χ3n) is 2.99. The topological polar surface area (TPSA) is 74.2 Å². The zero-order valence-corrected chi connectivity index (χ0v) is 11.5. The lowest BCUT2D eigenvalue weighted by Crippen LogP contribution is -2.13. The molecule has 0 bridgehead atoms. The van der Waals surface area contributed by atoms with Crippen LogP contribution in [0.3, 0.4) is 0 Å². The lowest BCUT2D eigenvalue weighted by atomic mass is 10.1. The van der Waals surface area contributed by atoms with E-state index in [1.54, 1.807) is 18.2 Å². The molecular formula is C14H12ClN3O2. The van der Waals surface area contributed by atoms with Crippen molar-refractivity contribution in [3.05, 3.63) is 52.9 Å². The van der Waals surface area contributed by atoms with E-state index in [-0.39, 0.29) is 0 Å². The summed E-state index contributed by atoms with van der Waals surface area (Å²) >= 11 is 5.95. The van der Waals surface area contributed by atoms with E-state index in [1.165, 1.54) is 7.11 Å². The molecule has 0 amide bonds. The molecule has 3 aromatic rings. The van der Waals surface area contributed by atoms with Gasteiger partial charge in [0.1, 0.15) is 17.4 Å². The SMILES string of the molecule is COc1ccc(C(N)c2cc3cc(Cl)ccc3o2)nn1. The largest absolute Gasteiger partial charge is 0.480 e. The van der Waals surface area contributed by atoms with Crippen LogP contribution in [-0.4, -0.2) is 17.3 Å². The number of rotatable bonds is 3. The summed E-state index contributed by atoms with van der Waals surface area (Å²) in [6, 6.07) is 10.3. The van der Waals surface area contributed by atoms with Crippen LogP contribution in [0.1, 0.15) is 17.5 Å². The molecule has 0 saturated heterocycles. The highest BCUT2D eigenvalue weighted by molar-refractivity contribution is 6.31. The van der Waals surface area contributed by atoms with E-state index in [1.807, 2.05) is 18.2 Å². The van der Waals surface area contributed by atoms with Crippen LogP contribution in [0.15, 0.2) is 40.8 Å². The fraction of sp³-hybridized carbons (Fsp3) is 0.143. The summed E-state index contributed by atoms with van der Waals surface area (Å²) in [6.45, 7) is 0. The lowest BCUT2D eigenvalue weighted by Gasteiger charge is -2.07. The molecule has 0 aliphatic rings. The Morgan fingerprint density at radius 2 is 2.05 bits per heavy atom. The molecule has 3 rings (SSSR count). The second kappa shape index (κ2) is 5.11. The molecule has 2 heterocycles. The number of nitrogens with two attached hydrogens (primary N) is 1. The third-order valence-corrected chi connectivity index (χ3v) is 3.23. The maximum Gasteiger partial charge on any atom is 0.233 e. The maximum absolute atomic E-state index is 6.14. The monoisotopic (exact) mass is 289 g/mol. The van der Waals surface area contributed by atoms with Crippen LogP contribution in [0.5, 0.6) is 5.88 Å². The number of ether oxygens (including phenoxy) is 1. The van der Waals surface area contributed by atoms with Gasteiger partial charge in [-0.05, 0) is 30.3 Å². The third kappa shape index (κ3) is 2.33. The van der Waals surface area contributed by atoms with E-state index in [0.29, 0.717) is 22.4 Å². The highest BCUT2D eigenvalue weighted by Crippen LogP contribution is 2.27. The molecule has 1 aromatic carbocycles. The van der Waals surface area contributed by atoms with Crippen molar-refractivity contribution in [2.45, 2.75) is 6.04 Å². The van der Waals surface area contributed by atoms with Crippen LogP contribution in [-0.2, 0) is 0 Å². The van der Waals surface area contributed by atoms with Crippen LogP contribution in [0.2, 0.25) is 5.02 Å². The van der Waals surface area contributed by atoms with Gasteiger partial charge in [0.2, 0.25) is 5.88 Å². The van der Waals surface area contributed by atoms with Crippen molar-refractivity contribution in [3.8, 4) is 5.88 Å². The van der Waals surface area contributed by atoms with Gasteiger partial charge in [-0.2, -0.15) is 0 Å². The molecular weight excluding hydrogens is 278 g/mol. The number of benzene rings is 1. The lowest BCUT2D eigenvalue weighted by molar-refractivity contribution is 0.390. The van der Waals surface area contributed by atoms with Crippen molar-refractivity contribution in [2.75, 3.05) is 7.11 Å². The van der Waals surface area contributed by atoms with Gasteiger partial charge in [0.25, 0.3) is 0 Å². The fourth-order valence-electron chi connectivity index (χ4n) is 1.94. The van der Waals surface area contributed by atoms with Gasteiger partial charge in [0, 0.05) is 16.5 Å². The fourth-order valence-corrected chi connectivity index (χ4v) is 2.12. The van der Waals surface area contributed by atoms with Gasteiger partial charge in [0.15, 0.2) is 0 Å². The molecule has 5 nitrogen and oxygen atoms in total. The summed E-state index contributed by atoms with van der Waals surface area (Å²) < 4.78 is 10.7. The second-order valence-corrected chi connectivity index (χ2v) is 4.75. The number of furan rings is 1. The Balaban J connectivity index is 1.96. The number of nitrogens with zero attached hydrogens (tertiary/aromatic N) is 2. The normalized spacial score (nSPS) is 12.6. The predicted octanol–water partition coefficient (Wildman–Crippen LogP) is 2.93. The Morgan fingerprint density at radius 3 is 2.75 bits per heavy atom. The molecule has 0 aliphatic heterocycles. The minimum atomic E-state index is -0.486. The van der Waals surface area contributed by atoms with Crippen LogP contribution < -0.4 is 10.5 Å². The minimum Gasteiger partial charge on any atom is -0.480 e. The van der Waals surface area contributed by atoms with E-state index in [9.17, 15) is 0 Å². The standard InChI is InChI=1S/C14H12ClN3O2/c1-19-13-5-3-10(17-18-13)14(16)12-7-8-6-9(15)2-4-11(8)20-12/h2-7,14H,16H2,1H3. The van der Waals surface area contributed by atoms with E-state index in [2.05, 4.69) is 10.2 Å². The average Bonchev–Trinajstić information content (AvgIpc) is 2.89. The van der Waals surface area contributed by atoms with Crippen molar-refractivity contribution >= 4 is 22.6 Å². The first kappa shape index (κ1) is 12.9. The highest BCUT2D eigenvalue weighted by Gasteiger charge is 2.16. The van der Waals surface area contributed by atoms with Crippen molar-refractivity contribution in [1.82, 2.24) is 10.2 Å². The van der Waals surface area contributed by atoms with Crippen LogP contribution in [0.4, 0.5) is 0 Å². The Kier molecular flexibility index (Phi) is 3.30. The second-order valence-electron chi connectivity index (χ2n) is 4.31. The Morgan fingerprint density at radius 1 is 1.20 bits per heavy atom. The smallest absolute Gasteiger partial charge is 0.233 e. The number of hydrogen-bond donors (Lipinski definition) is 1. The average molecular weight is 290 g/mol. The quantitative estimate of drug-likeness (QED) is 0.802. The van der Waals surface area contributed by atoms with Crippen LogP contribution in [0.25, 0.3) is 11.0 Å². The molecule has 20 heavy (non-hydrogen) atoms. The van der Waals surface area contributed by atoms with Gasteiger partial charge in [-0.15, -0.1) is 10.2 Å². The number of methoxy groups -OCH3 is 1. The number of halogens is 1. The van der Waals surface area contributed by atoms with Crippen LogP contribution in [0, 0.1) is 0 Å². The number of fused-ring (bicyclic) bond motifs is 1. The first-order valence-electron chi connectivity index (χ1n) is 5.99. The molecule has 0 aliphatic carbocycles. The molecule has 1 unspecified atom stereocenters. The summed E-state index contributed by atoms with van der Waals surface area (Å²) in [5.41, 5.74) is 7.48. The number of hydrogen-bond acceptors (Lipinski definition) is 5. The van der Waals surface area contributed by atoms with Gasteiger partial charge < -0.3 is 14.9 Å². The van der Waals surface area contributed by atoms with Gasteiger partial charge in [-0.3, -0.25) is 0 Å². The van der Waals surface area contributed by atoms with E-state index < -0.39 is 6.04 Å². The first-order chi connectivity index (χ1) is 9.67. The zero-order valence-electron chi connectivity index (χ0n) is 10.7. The Bertz CT molecular complexity index is 740. The molecule has 0 radical (unpaired) electrons. The van der Waals surface area contributed by atoms with Crippen molar-refractivity contribution in [3.63, 3.8) is 0 Å². The van der Waals surface area contributed by atoms with Crippen molar-refractivity contribution in [1.29, 1.82) is 0 Å². The zero-order chi connectivity index (χ0) is 14.1. The summed E-state index contributed by atoms with van der Waals surface area (Å²) in [6.07, 6.45) is 0. The molecule has 2 N–H and O–H groups in total. The molecule has 0 spiro atoms. The van der Waals surface area contributed by atoms with Gasteiger partial charge in [-0.1, -0.05) is 11.6 Å². The predicted molar refractivity (Wildman–Crippen MR) is 75.8 cm³/mol. The van der Waals surface area contributed by atoms with Crippen molar-refractivity contribution < 1.29 is 9.15 Å². The molecule has 0 fully saturated rings. The van der Waals surface area contributed by atoms with E-state index in [0.717, 1.165) is 11.0 Å². The molecule has 0 saturated carbocycles. The van der Waals surface area contributed by atoms with Gasteiger partial charge >= 0.3 is 0 Å². The maximum atomic E-state index is 6.14. The summed E-state index contributed by atoms with van der Waals surface area (Å²) in [5.74, 6) is 1.05. The van der Waals surface area contributed by atoms with Gasteiger partial charge in [-0.25, -0.2) is 0 Å². The first-order valence-corrected chi connectivity index (χ1v) is 6.37. The Labute approximate surface area is 120 Å². The minimum absolute atomic E-state index is 0.442.